The highest BCUT2D eigenvalue weighted by molar-refractivity contribution is 6.28. The molecule has 0 amide bonds. The fraction of sp³-hybridized carbons (Fsp3) is 0.750. The fourth-order valence-corrected chi connectivity index (χ4v) is 2.09. The van der Waals surface area contributed by atoms with Crippen molar-refractivity contribution < 1.29 is 5.11 Å². The van der Waals surface area contributed by atoms with E-state index in [4.69, 9.17) is 11.6 Å². The van der Waals surface area contributed by atoms with Crippen LogP contribution in [0.2, 0.25) is 5.28 Å². The molecule has 0 unspecified atom stereocenters. The van der Waals surface area contributed by atoms with E-state index in [1.807, 2.05) is 19.0 Å². The number of nitrogens with zero attached hydrogens (tertiary/aromatic N) is 5. The molecule has 0 bridgehead atoms. The molecule has 0 aliphatic rings. The van der Waals surface area contributed by atoms with Crippen LogP contribution in [0.15, 0.2) is 0 Å². The molecule has 0 aromatic carbocycles. The van der Waals surface area contributed by atoms with E-state index in [-0.39, 0.29) is 17.9 Å². The summed E-state index contributed by atoms with van der Waals surface area (Å²) in [4.78, 5) is 16.4. The highest BCUT2D eigenvalue weighted by atomic mass is 35.5. The van der Waals surface area contributed by atoms with Gasteiger partial charge in [-0.25, -0.2) is 0 Å². The summed E-state index contributed by atoms with van der Waals surface area (Å²) >= 11 is 5.95. The Bertz CT molecular complexity index is 398. The maximum atomic E-state index is 9.23. The van der Waals surface area contributed by atoms with E-state index in [1.54, 1.807) is 4.90 Å². The number of rotatable bonds is 7. The van der Waals surface area contributed by atoms with Gasteiger partial charge in [0.15, 0.2) is 0 Å². The summed E-state index contributed by atoms with van der Waals surface area (Å²) in [6, 6.07) is 0.278. The summed E-state index contributed by atoms with van der Waals surface area (Å²) in [5.41, 5.74) is 0. The standard InChI is InChI=1S/C12H22ClN5O/c1-5-9(6-2)18(7-8-19)12-15-10(13)14-11(16-12)17(3)4/h9,19H,5-8H2,1-4H3. The molecule has 0 fully saturated rings. The zero-order chi connectivity index (χ0) is 14.4. The fourth-order valence-electron chi connectivity index (χ4n) is 1.94. The van der Waals surface area contributed by atoms with E-state index in [0.717, 1.165) is 12.8 Å². The van der Waals surface area contributed by atoms with Gasteiger partial charge in [-0.2, -0.15) is 15.0 Å². The van der Waals surface area contributed by atoms with Crippen LogP contribution in [0.5, 0.6) is 0 Å². The lowest BCUT2D eigenvalue weighted by atomic mass is 10.1. The quantitative estimate of drug-likeness (QED) is 0.821. The van der Waals surface area contributed by atoms with Gasteiger partial charge < -0.3 is 14.9 Å². The van der Waals surface area contributed by atoms with Crippen LogP contribution >= 0.6 is 11.6 Å². The predicted octanol–water partition coefficient (Wildman–Crippen LogP) is 1.58. The summed E-state index contributed by atoms with van der Waals surface area (Å²) in [5, 5.41) is 9.40. The van der Waals surface area contributed by atoms with Crippen LogP contribution in [0.25, 0.3) is 0 Å². The van der Waals surface area contributed by atoms with Crippen LogP contribution in [0, 0.1) is 0 Å². The molecule has 0 radical (unpaired) electrons. The smallest absolute Gasteiger partial charge is 0.231 e. The van der Waals surface area contributed by atoms with Crippen LogP contribution in [-0.2, 0) is 0 Å². The zero-order valence-electron chi connectivity index (χ0n) is 12.0. The third kappa shape index (κ3) is 4.18. The van der Waals surface area contributed by atoms with Crippen LogP contribution < -0.4 is 9.80 Å². The number of hydrogen-bond acceptors (Lipinski definition) is 6. The van der Waals surface area contributed by atoms with Gasteiger partial charge in [0.05, 0.1) is 6.61 Å². The topological polar surface area (TPSA) is 65.4 Å². The Morgan fingerprint density at radius 2 is 1.68 bits per heavy atom. The SMILES string of the molecule is CCC(CC)N(CCO)c1nc(Cl)nc(N(C)C)n1. The van der Waals surface area contributed by atoms with Gasteiger partial charge in [0, 0.05) is 26.7 Å². The molecule has 108 valence electrons. The van der Waals surface area contributed by atoms with E-state index in [2.05, 4.69) is 28.8 Å². The van der Waals surface area contributed by atoms with E-state index in [9.17, 15) is 5.11 Å². The molecule has 1 heterocycles. The van der Waals surface area contributed by atoms with Crippen LogP contribution in [0.4, 0.5) is 11.9 Å². The number of anilines is 2. The minimum absolute atomic E-state index is 0.0527. The number of aliphatic hydroxyl groups is 1. The Kier molecular flexibility index (Phi) is 6.24. The summed E-state index contributed by atoms with van der Waals surface area (Å²) < 4.78 is 0. The minimum Gasteiger partial charge on any atom is -0.395 e. The molecule has 7 heteroatoms. The van der Waals surface area contributed by atoms with Crippen molar-refractivity contribution >= 4 is 23.5 Å². The van der Waals surface area contributed by atoms with Crippen molar-refractivity contribution in [3.05, 3.63) is 5.28 Å². The first-order valence-electron chi connectivity index (χ1n) is 6.49. The van der Waals surface area contributed by atoms with Crippen LogP contribution in [0.3, 0.4) is 0 Å². The Labute approximate surface area is 119 Å². The molecule has 0 aliphatic carbocycles. The third-order valence-electron chi connectivity index (χ3n) is 2.97. The Hall–Kier alpha value is -1.14. The second-order valence-corrected chi connectivity index (χ2v) is 4.82. The second kappa shape index (κ2) is 7.45. The van der Waals surface area contributed by atoms with Crippen molar-refractivity contribution in [2.45, 2.75) is 32.7 Å². The van der Waals surface area contributed by atoms with Crippen molar-refractivity contribution in [3.8, 4) is 0 Å². The number of hydrogen-bond donors (Lipinski definition) is 1. The summed E-state index contributed by atoms with van der Waals surface area (Å²) in [5.74, 6) is 1.04. The Balaban J connectivity index is 3.14. The van der Waals surface area contributed by atoms with Gasteiger partial charge in [0.25, 0.3) is 0 Å². The van der Waals surface area contributed by atoms with Crippen molar-refractivity contribution in [3.63, 3.8) is 0 Å². The summed E-state index contributed by atoms with van der Waals surface area (Å²) in [6.45, 7) is 4.75. The molecule has 6 nitrogen and oxygen atoms in total. The van der Waals surface area contributed by atoms with E-state index >= 15 is 0 Å². The molecule has 0 aliphatic heterocycles. The maximum absolute atomic E-state index is 9.23. The van der Waals surface area contributed by atoms with E-state index in [1.165, 1.54) is 0 Å². The second-order valence-electron chi connectivity index (χ2n) is 4.49. The van der Waals surface area contributed by atoms with Crippen molar-refractivity contribution in [2.24, 2.45) is 0 Å². The average Bonchev–Trinajstić information content (AvgIpc) is 2.38. The Morgan fingerprint density at radius 3 is 2.16 bits per heavy atom. The van der Waals surface area contributed by atoms with Gasteiger partial charge in [0.1, 0.15) is 0 Å². The predicted molar refractivity (Wildman–Crippen MR) is 78.0 cm³/mol. The Morgan fingerprint density at radius 1 is 1.11 bits per heavy atom. The number of aliphatic hydroxyl groups excluding tert-OH is 1. The molecule has 19 heavy (non-hydrogen) atoms. The molecule has 0 saturated heterocycles. The maximum Gasteiger partial charge on any atom is 0.231 e. The van der Waals surface area contributed by atoms with Crippen molar-refractivity contribution in [1.82, 2.24) is 15.0 Å². The molecule has 0 spiro atoms. The molecular weight excluding hydrogens is 266 g/mol. The van der Waals surface area contributed by atoms with E-state index < -0.39 is 0 Å². The first kappa shape index (κ1) is 15.9. The first-order chi connectivity index (χ1) is 9.03. The van der Waals surface area contributed by atoms with Gasteiger partial charge in [-0.15, -0.1) is 0 Å². The molecular formula is C12H22ClN5O. The molecule has 1 aromatic heterocycles. The van der Waals surface area contributed by atoms with Gasteiger partial charge in [-0.05, 0) is 24.4 Å². The number of halogens is 1. The zero-order valence-corrected chi connectivity index (χ0v) is 12.7. The molecule has 1 N–H and O–H groups in total. The normalized spacial score (nSPS) is 10.9. The molecule has 0 atom stereocenters. The van der Waals surface area contributed by atoms with Gasteiger partial charge in [-0.1, -0.05) is 13.8 Å². The van der Waals surface area contributed by atoms with Crippen molar-refractivity contribution in [2.75, 3.05) is 37.0 Å². The van der Waals surface area contributed by atoms with Crippen LogP contribution in [0.1, 0.15) is 26.7 Å². The lowest BCUT2D eigenvalue weighted by molar-refractivity contribution is 0.295. The molecule has 1 aromatic rings. The number of aromatic nitrogens is 3. The van der Waals surface area contributed by atoms with Gasteiger partial charge in [-0.3, -0.25) is 0 Å². The average molecular weight is 288 g/mol. The summed E-state index contributed by atoms with van der Waals surface area (Å²) in [6.07, 6.45) is 1.91. The first-order valence-corrected chi connectivity index (χ1v) is 6.87. The van der Waals surface area contributed by atoms with Gasteiger partial charge >= 0.3 is 0 Å². The van der Waals surface area contributed by atoms with Crippen molar-refractivity contribution in [1.29, 1.82) is 0 Å². The molecule has 1 rings (SSSR count). The van der Waals surface area contributed by atoms with E-state index in [0.29, 0.717) is 18.4 Å². The highest BCUT2D eigenvalue weighted by Crippen LogP contribution is 2.19. The van der Waals surface area contributed by atoms with Crippen LogP contribution in [-0.4, -0.2) is 53.3 Å². The lowest BCUT2D eigenvalue weighted by Crippen LogP contribution is -2.38. The highest BCUT2D eigenvalue weighted by Gasteiger charge is 2.19. The van der Waals surface area contributed by atoms with Gasteiger partial charge in [0.2, 0.25) is 17.2 Å². The molecule has 0 saturated carbocycles. The minimum atomic E-state index is 0.0527. The lowest BCUT2D eigenvalue weighted by Gasteiger charge is -2.30. The third-order valence-corrected chi connectivity index (χ3v) is 3.13. The largest absolute Gasteiger partial charge is 0.395 e. The summed E-state index contributed by atoms with van der Waals surface area (Å²) in [7, 11) is 3.70. The monoisotopic (exact) mass is 287 g/mol.